The third-order valence-electron chi connectivity index (χ3n) is 3.35. The lowest BCUT2D eigenvalue weighted by atomic mass is 10.2. The Hall–Kier alpha value is -1.28. The fraction of sp³-hybridized carbons (Fsp3) is 0.357. The molecule has 0 amide bonds. The van der Waals surface area contributed by atoms with E-state index < -0.39 is 10.0 Å². The summed E-state index contributed by atoms with van der Waals surface area (Å²) in [6.45, 7) is 0.800. The first-order chi connectivity index (χ1) is 10.1. The molecule has 1 aliphatic carbocycles. The summed E-state index contributed by atoms with van der Waals surface area (Å²) < 4.78 is 27.5. The number of thiazole rings is 1. The third kappa shape index (κ3) is 3.88. The largest absolute Gasteiger partial charge is 0.310 e. The average molecular weight is 323 g/mol. The maximum Gasteiger partial charge on any atom is 0.241 e. The molecule has 2 N–H and O–H groups in total. The monoisotopic (exact) mass is 323 g/mol. The Balaban J connectivity index is 1.73. The molecule has 1 saturated carbocycles. The second-order valence-electron chi connectivity index (χ2n) is 5.07. The number of hydrogen-bond donors (Lipinski definition) is 2. The van der Waals surface area contributed by atoms with Crippen LogP contribution >= 0.6 is 11.3 Å². The van der Waals surface area contributed by atoms with Crippen molar-refractivity contribution in [1.82, 2.24) is 15.0 Å². The van der Waals surface area contributed by atoms with Gasteiger partial charge in [-0.25, -0.2) is 18.1 Å². The fourth-order valence-electron chi connectivity index (χ4n) is 2.03. The quantitative estimate of drug-likeness (QED) is 0.816. The Labute approximate surface area is 128 Å². The molecular weight excluding hydrogens is 306 g/mol. The topological polar surface area (TPSA) is 71.1 Å². The minimum Gasteiger partial charge on any atom is -0.310 e. The minimum atomic E-state index is -3.52. The van der Waals surface area contributed by atoms with Gasteiger partial charge in [0.05, 0.1) is 22.6 Å². The molecule has 0 spiro atoms. The molecule has 0 unspecified atom stereocenters. The van der Waals surface area contributed by atoms with Gasteiger partial charge in [0.25, 0.3) is 0 Å². The molecule has 21 heavy (non-hydrogen) atoms. The molecule has 0 bridgehead atoms. The van der Waals surface area contributed by atoms with Crippen molar-refractivity contribution in [3.63, 3.8) is 0 Å². The van der Waals surface area contributed by atoms with Crippen molar-refractivity contribution in [1.29, 1.82) is 0 Å². The summed E-state index contributed by atoms with van der Waals surface area (Å²) in [6.07, 6.45) is 2.36. The van der Waals surface area contributed by atoms with Gasteiger partial charge in [-0.05, 0) is 24.5 Å². The van der Waals surface area contributed by atoms with E-state index in [1.54, 1.807) is 17.6 Å². The molecule has 112 valence electrons. The minimum absolute atomic E-state index is 0.218. The first kappa shape index (κ1) is 14.6. The zero-order chi connectivity index (χ0) is 14.7. The highest BCUT2D eigenvalue weighted by Crippen LogP contribution is 2.21. The first-order valence-corrected chi connectivity index (χ1v) is 9.26. The number of sulfonamides is 1. The molecule has 0 atom stereocenters. The Morgan fingerprint density at radius 1 is 1.24 bits per heavy atom. The van der Waals surface area contributed by atoms with Gasteiger partial charge in [0.1, 0.15) is 0 Å². The first-order valence-electron chi connectivity index (χ1n) is 6.83. The number of hydrogen-bond acceptors (Lipinski definition) is 5. The van der Waals surface area contributed by atoms with E-state index >= 15 is 0 Å². The second-order valence-corrected chi connectivity index (χ2v) is 7.52. The Morgan fingerprint density at radius 2 is 2.05 bits per heavy atom. The summed E-state index contributed by atoms with van der Waals surface area (Å²) in [5.74, 6) is 0. The normalized spacial score (nSPS) is 15.2. The smallest absolute Gasteiger partial charge is 0.241 e. The van der Waals surface area contributed by atoms with Crippen molar-refractivity contribution < 1.29 is 8.42 Å². The van der Waals surface area contributed by atoms with Crippen LogP contribution in [0, 0.1) is 0 Å². The van der Waals surface area contributed by atoms with E-state index in [0.29, 0.717) is 17.5 Å². The van der Waals surface area contributed by atoms with Crippen LogP contribution in [0.1, 0.15) is 24.1 Å². The average Bonchev–Trinajstić information content (AvgIpc) is 3.17. The number of rotatable bonds is 7. The predicted molar refractivity (Wildman–Crippen MR) is 82.4 cm³/mol. The van der Waals surface area contributed by atoms with E-state index in [4.69, 9.17) is 0 Å². The van der Waals surface area contributed by atoms with Crippen LogP contribution in [0.3, 0.4) is 0 Å². The van der Waals surface area contributed by atoms with Crippen molar-refractivity contribution in [2.45, 2.75) is 36.9 Å². The molecule has 3 rings (SSSR count). The van der Waals surface area contributed by atoms with E-state index in [9.17, 15) is 8.42 Å². The molecule has 1 fully saturated rings. The van der Waals surface area contributed by atoms with Gasteiger partial charge in [0.2, 0.25) is 10.0 Å². The zero-order valence-corrected chi connectivity index (χ0v) is 13.1. The van der Waals surface area contributed by atoms with Crippen molar-refractivity contribution in [2.24, 2.45) is 0 Å². The highest BCUT2D eigenvalue weighted by Gasteiger charge is 2.22. The molecule has 1 aromatic heterocycles. The zero-order valence-electron chi connectivity index (χ0n) is 11.5. The highest BCUT2D eigenvalue weighted by molar-refractivity contribution is 7.89. The van der Waals surface area contributed by atoms with Crippen molar-refractivity contribution in [3.8, 4) is 0 Å². The molecule has 0 radical (unpaired) electrons. The highest BCUT2D eigenvalue weighted by atomic mass is 32.2. The van der Waals surface area contributed by atoms with Gasteiger partial charge in [-0.1, -0.05) is 18.2 Å². The molecule has 1 aliphatic rings. The molecule has 7 heteroatoms. The molecule has 5 nitrogen and oxygen atoms in total. The number of nitrogens with zero attached hydrogens (tertiary/aromatic N) is 1. The standard InChI is InChI=1S/C14H17N3O2S2/c18-21(19,17-8-13-9-20-10-16-13)14-4-2-1-3-11(14)7-15-12-5-6-12/h1-4,9-10,12,15,17H,5-8H2. The molecule has 1 aromatic carbocycles. The molecule has 2 aromatic rings. The Morgan fingerprint density at radius 3 is 2.76 bits per heavy atom. The van der Waals surface area contributed by atoms with E-state index in [1.165, 1.54) is 24.2 Å². The van der Waals surface area contributed by atoms with Crippen molar-refractivity contribution in [3.05, 3.63) is 46.4 Å². The molecular formula is C14H17N3O2S2. The van der Waals surface area contributed by atoms with Crippen LogP contribution in [0.5, 0.6) is 0 Å². The van der Waals surface area contributed by atoms with Crippen LogP contribution in [-0.2, 0) is 23.1 Å². The van der Waals surface area contributed by atoms with Gasteiger partial charge in [0.15, 0.2) is 0 Å². The molecule has 0 saturated heterocycles. The lowest BCUT2D eigenvalue weighted by Gasteiger charge is -2.11. The Kier molecular flexibility index (Phi) is 4.34. The summed E-state index contributed by atoms with van der Waals surface area (Å²) >= 11 is 1.45. The number of benzene rings is 1. The van der Waals surface area contributed by atoms with Crippen LogP contribution in [0.25, 0.3) is 0 Å². The van der Waals surface area contributed by atoms with E-state index in [2.05, 4.69) is 15.0 Å². The van der Waals surface area contributed by atoms with E-state index in [1.807, 2.05) is 17.5 Å². The lowest BCUT2D eigenvalue weighted by molar-refractivity contribution is 0.577. The summed E-state index contributed by atoms with van der Waals surface area (Å²) in [7, 11) is -3.52. The van der Waals surface area contributed by atoms with Gasteiger partial charge >= 0.3 is 0 Å². The second kappa shape index (κ2) is 6.23. The fourth-order valence-corrected chi connectivity index (χ4v) is 3.82. The lowest BCUT2D eigenvalue weighted by Crippen LogP contribution is -2.26. The maximum atomic E-state index is 12.4. The van der Waals surface area contributed by atoms with Crippen LogP contribution in [0.4, 0.5) is 0 Å². The van der Waals surface area contributed by atoms with Crippen LogP contribution in [0.2, 0.25) is 0 Å². The van der Waals surface area contributed by atoms with Crippen LogP contribution in [-0.4, -0.2) is 19.4 Å². The summed E-state index contributed by atoms with van der Waals surface area (Å²) in [4.78, 5) is 4.42. The summed E-state index contributed by atoms with van der Waals surface area (Å²) in [5.41, 5.74) is 3.23. The molecule has 1 heterocycles. The van der Waals surface area contributed by atoms with Crippen LogP contribution < -0.4 is 10.0 Å². The van der Waals surface area contributed by atoms with E-state index in [0.717, 1.165) is 11.3 Å². The third-order valence-corrected chi connectivity index (χ3v) is 5.48. The summed E-state index contributed by atoms with van der Waals surface area (Å²) in [6, 6.07) is 7.66. The van der Waals surface area contributed by atoms with Crippen molar-refractivity contribution in [2.75, 3.05) is 0 Å². The van der Waals surface area contributed by atoms with Crippen molar-refractivity contribution >= 4 is 21.4 Å². The SMILES string of the molecule is O=S(=O)(NCc1cscn1)c1ccccc1CNC1CC1. The number of nitrogens with one attached hydrogen (secondary N) is 2. The summed E-state index contributed by atoms with van der Waals surface area (Å²) in [5, 5.41) is 5.19. The van der Waals surface area contributed by atoms with Gasteiger partial charge < -0.3 is 5.32 Å². The van der Waals surface area contributed by atoms with E-state index in [-0.39, 0.29) is 6.54 Å². The molecule has 0 aliphatic heterocycles. The number of aromatic nitrogens is 1. The predicted octanol–water partition coefficient (Wildman–Crippen LogP) is 1.87. The van der Waals surface area contributed by atoms with Crippen LogP contribution in [0.15, 0.2) is 40.1 Å². The van der Waals surface area contributed by atoms with Gasteiger partial charge in [-0.2, -0.15) is 0 Å². The van der Waals surface area contributed by atoms with Gasteiger partial charge in [0, 0.05) is 18.0 Å². The van der Waals surface area contributed by atoms with Gasteiger partial charge in [-0.15, -0.1) is 11.3 Å². The van der Waals surface area contributed by atoms with Gasteiger partial charge in [-0.3, -0.25) is 0 Å². The maximum absolute atomic E-state index is 12.4. The Bertz CT molecular complexity index is 695.